The maximum absolute atomic E-state index is 12.8. The van der Waals surface area contributed by atoms with E-state index in [1.54, 1.807) is 36.4 Å². The Morgan fingerprint density at radius 3 is 2.74 bits per heavy atom. The predicted octanol–water partition coefficient (Wildman–Crippen LogP) is 1.59. The quantitative estimate of drug-likeness (QED) is 0.734. The van der Waals surface area contributed by atoms with Crippen molar-refractivity contribution in [2.45, 2.75) is 18.9 Å². The van der Waals surface area contributed by atoms with Crippen LogP contribution in [-0.2, 0) is 4.74 Å². The van der Waals surface area contributed by atoms with E-state index in [0.29, 0.717) is 28.7 Å². The van der Waals surface area contributed by atoms with Crippen LogP contribution in [0.5, 0.6) is 0 Å². The van der Waals surface area contributed by atoms with Crippen molar-refractivity contribution in [1.82, 2.24) is 14.9 Å². The first kappa shape index (κ1) is 17.2. The molecule has 0 bridgehead atoms. The molecule has 1 fully saturated rings. The number of nitrogens with one attached hydrogen (secondary N) is 2. The Morgan fingerprint density at radius 1 is 1.19 bits per heavy atom. The lowest BCUT2D eigenvalue weighted by Crippen LogP contribution is -2.34. The molecule has 0 radical (unpaired) electrons. The fraction of sp³-hybridized carbons (Fsp3) is 0.250. The molecule has 7 heteroatoms. The number of carbonyl (C=O) groups is 1. The van der Waals surface area contributed by atoms with E-state index in [4.69, 9.17) is 4.74 Å². The molecule has 0 aliphatic carbocycles. The van der Waals surface area contributed by atoms with Crippen LogP contribution < -0.4 is 16.6 Å². The number of ether oxygens (including phenoxy) is 1. The summed E-state index contributed by atoms with van der Waals surface area (Å²) >= 11 is 0. The number of benzene rings is 2. The van der Waals surface area contributed by atoms with Gasteiger partial charge in [-0.25, -0.2) is 9.36 Å². The second kappa shape index (κ2) is 7.20. The standard InChI is InChI=1S/C20H19N3O4/c24-18(21-12-15-7-4-10-27-15)13-8-9-16-17(11-13)22-20(26)23(19(16)25)14-5-2-1-3-6-14/h1-3,5-6,8-9,11,15H,4,7,10,12H2,(H,21,24)(H,22,26)/t15-/m0/s1. The lowest BCUT2D eigenvalue weighted by molar-refractivity contribution is 0.0858. The van der Waals surface area contributed by atoms with E-state index >= 15 is 0 Å². The number of amides is 1. The first-order chi connectivity index (χ1) is 13.1. The minimum absolute atomic E-state index is 0.0484. The van der Waals surface area contributed by atoms with Gasteiger partial charge in [0.25, 0.3) is 11.5 Å². The molecule has 7 nitrogen and oxygen atoms in total. The molecule has 138 valence electrons. The van der Waals surface area contributed by atoms with Crippen molar-refractivity contribution in [2.75, 3.05) is 13.2 Å². The molecule has 1 aliphatic heterocycles. The lowest BCUT2D eigenvalue weighted by atomic mass is 10.1. The van der Waals surface area contributed by atoms with E-state index in [0.717, 1.165) is 24.0 Å². The van der Waals surface area contributed by atoms with Crippen LogP contribution in [0.25, 0.3) is 16.6 Å². The van der Waals surface area contributed by atoms with Crippen molar-refractivity contribution >= 4 is 16.8 Å². The van der Waals surface area contributed by atoms with Crippen LogP contribution in [0.4, 0.5) is 0 Å². The van der Waals surface area contributed by atoms with E-state index in [1.807, 2.05) is 6.07 Å². The molecule has 1 aliphatic rings. The number of H-pyrrole nitrogens is 1. The van der Waals surface area contributed by atoms with E-state index in [2.05, 4.69) is 10.3 Å². The molecule has 2 heterocycles. The van der Waals surface area contributed by atoms with Crippen molar-refractivity contribution in [3.63, 3.8) is 0 Å². The van der Waals surface area contributed by atoms with Gasteiger partial charge in [0.05, 0.1) is 22.7 Å². The topological polar surface area (TPSA) is 93.2 Å². The molecular weight excluding hydrogens is 346 g/mol. The van der Waals surface area contributed by atoms with Crippen molar-refractivity contribution in [1.29, 1.82) is 0 Å². The smallest absolute Gasteiger partial charge is 0.333 e. The van der Waals surface area contributed by atoms with E-state index in [-0.39, 0.29) is 12.0 Å². The van der Waals surface area contributed by atoms with Gasteiger partial charge < -0.3 is 15.0 Å². The number of hydrogen-bond donors (Lipinski definition) is 2. The SMILES string of the molecule is O=C(NC[C@@H]1CCCO1)c1ccc2c(=O)n(-c3ccccc3)c(=O)[nH]c2c1. The molecule has 1 amide bonds. The molecule has 4 rings (SSSR count). The van der Waals surface area contributed by atoms with Crippen LogP contribution in [0.1, 0.15) is 23.2 Å². The molecule has 1 atom stereocenters. The molecule has 2 aromatic carbocycles. The highest BCUT2D eigenvalue weighted by atomic mass is 16.5. The third-order valence-corrected chi connectivity index (χ3v) is 4.69. The predicted molar refractivity (Wildman–Crippen MR) is 101 cm³/mol. The van der Waals surface area contributed by atoms with Gasteiger partial charge in [-0.05, 0) is 43.2 Å². The molecule has 0 unspecified atom stereocenters. The van der Waals surface area contributed by atoms with Gasteiger partial charge in [0.15, 0.2) is 0 Å². The highest BCUT2D eigenvalue weighted by Crippen LogP contribution is 2.13. The monoisotopic (exact) mass is 365 g/mol. The molecule has 2 N–H and O–H groups in total. The third-order valence-electron chi connectivity index (χ3n) is 4.69. The van der Waals surface area contributed by atoms with Crippen LogP contribution in [-0.4, -0.2) is 34.7 Å². The fourth-order valence-electron chi connectivity index (χ4n) is 3.28. The summed E-state index contributed by atoms with van der Waals surface area (Å²) in [7, 11) is 0. The Balaban J connectivity index is 1.66. The minimum Gasteiger partial charge on any atom is -0.376 e. The summed E-state index contributed by atoms with van der Waals surface area (Å²) in [5.74, 6) is -0.263. The van der Waals surface area contributed by atoms with Crippen LogP contribution >= 0.6 is 0 Å². The molecule has 0 spiro atoms. The average molecular weight is 365 g/mol. The average Bonchev–Trinajstić information content (AvgIpc) is 3.20. The molecular formula is C20H19N3O4. The van der Waals surface area contributed by atoms with Gasteiger partial charge in [0.2, 0.25) is 0 Å². The number of carbonyl (C=O) groups excluding carboxylic acids is 1. The summed E-state index contributed by atoms with van der Waals surface area (Å²) in [4.78, 5) is 40.2. The molecule has 27 heavy (non-hydrogen) atoms. The van der Waals surface area contributed by atoms with Crippen LogP contribution in [0.15, 0.2) is 58.1 Å². The summed E-state index contributed by atoms with van der Waals surface area (Å²) < 4.78 is 6.57. The second-order valence-electron chi connectivity index (χ2n) is 6.51. The van der Waals surface area contributed by atoms with E-state index in [9.17, 15) is 14.4 Å². The summed E-state index contributed by atoms with van der Waals surface area (Å²) in [5.41, 5.74) is 0.237. The molecule has 3 aromatic rings. The summed E-state index contributed by atoms with van der Waals surface area (Å²) in [5, 5.41) is 3.17. The zero-order valence-electron chi connectivity index (χ0n) is 14.6. The summed E-state index contributed by atoms with van der Waals surface area (Å²) in [6, 6.07) is 13.4. The second-order valence-corrected chi connectivity index (χ2v) is 6.51. The number of aromatic nitrogens is 2. The number of nitrogens with zero attached hydrogens (tertiary/aromatic N) is 1. The van der Waals surface area contributed by atoms with Crippen molar-refractivity contribution < 1.29 is 9.53 Å². The van der Waals surface area contributed by atoms with Gasteiger partial charge in [-0.1, -0.05) is 18.2 Å². The van der Waals surface area contributed by atoms with Gasteiger partial charge in [0, 0.05) is 18.7 Å². The molecule has 0 saturated carbocycles. The number of para-hydroxylation sites is 1. The molecule has 1 aromatic heterocycles. The van der Waals surface area contributed by atoms with Gasteiger partial charge in [0.1, 0.15) is 0 Å². The van der Waals surface area contributed by atoms with Gasteiger partial charge >= 0.3 is 5.69 Å². The fourth-order valence-corrected chi connectivity index (χ4v) is 3.28. The molecule has 1 saturated heterocycles. The maximum Gasteiger partial charge on any atom is 0.333 e. The normalized spacial score (nSPS) is 16.5. The first-order valence-corrected chi connectivity index (χ1v) is 8.88. The van der Waals surface area contributed by atoms with Crippen molar-refractivity contribution in [2.24, 2.45) is 0 Å². The van der Waals surface area contributed by atoms with Gasteiger partial charge in [-0.2, -0.15) is 0 Å². The number of hydrogen-bond acceptors (Lipinski definition) is 4. The highest BCUT2D eigenvalue weighted by molar-refractivity contribution is 5.97. The van der Waals surface area contributed by atoms with Gasteiger partial charge in [-0.15, -0.1) is 0 Å². The number of aromatic amines is 1. The van der Waals surface area contributed by atoms with Crippen molar-refractivity contribution in [3.05, 3.63) is 74.9 Å². The Labute approximate surface area is 154 Å². The van der Waals surface area contributed by atoms with Crippen LogP contribution in [0.2, 0.25) is 0 Å². The minimum atomic E-state index is -0.546. The largest absolute Gasteiger partial charge is 0.376 e. The summed E-state index contributed by atoms with van der Waals surface area (Å²) in [6.07, 6.45) is 1.99. The zero-order chi connectivity index (χ0) is 18.8. The summed E-state index contributed by atoms with van der Waals surface area (Å²) in [6.45, 7) is 1.18. The Morgan fingerprint density at radius 2 is 2.00 bits per heavy atom. The lowest BCUT2D eigenvalue weighted by Gasteiger charge is -2.11. The van der Waals surface area contributed by atoms with Crippen LogP contribution in [0.3, 0.4) is 0 Å². The van der Waals surface area contributed by atoms with E-state index in [1.165, 1.54) is 6.07 Å². The van der Waals surface area contributed by atoms with E-state index < -0.39 is 11.2 Å². The maximum atomic E-state index is 12.8. The van der Waals surface area contributed by atoms with Crippen molar-refractivity contribution in [3.8, 4) is 5.69 Å². The van der Waals surface area contributed by atoms with Crippen LogP contribution in [0, 0.1) is 0 Å². The Bertz CT molecular complexity index is 1100. The third kappa shape index (κ3) is 3.41. The zero-order valence-corrected chi connectivity index (χ0v) is 14.6. The number of fused-ring (bicyclic) bond motifs is 1. The van der Waals surface area contributed by atoms with Gasteiger partial charge in [-0.3, -0.25) is 9.59 Å². The first-order valence-electron chi connectivity index (χ1n) is 8.88. The number of rotatable bonds is 4. The highest BCUT2D eigenvalue weighted by Gasteiger charge is 2.17. The Hall–Kier alpha value is -3.19. The Kier molecular flexibility index (Phi) is 4.60.